The van der Waals surface area contributed by atoms with Gasteiger partial charge in [0, 0.05) is 20.1 Å². The fraction of sp³-hybridized carbons (Fsp3) is 0.600. The minimum absolute atomic E-state index is 0.0925. The number of benzene rings is 1. The van der Waals surface area contributed by atoms with Crippen molar-refractivity contribution in [1.82, 2.24) is 16.0 Å². The topological polar surface area (TPSA) is 123 Å². The summed E-state index contributed by atoms with van der Waals surface area (Å²) < 4.78 is 10.8. The molecule has 1 saturated heterocycles. The fourth-order valence-electron chi connectivity index (χ4n) is 3.74. The lowest BCUT2D eigenvalue weighted by Gasteiger charge is -2.26. The van der Waals surface area contributed by atoms with Crippen molar-refractivity contribution in [2.45, 2.75) is 77.1 Å². The van der Waals surface area contributed by atoms with Crippen molar-refractivity contribution in [3.05, 3.63) is 35.9 Å². The maximum absolute atomic E-state index is 13.0. The average Bonchev–Trinajstić information content (AvgIpc) is 2.81. The fourth-order valence-corrected chi connectivity index (χ4v) is 3.74. The lowest BCUT2D eigenvalue weighted by atomic mass is 9.98. The summed E-state index contributed by atoms with van der Waals surface area (Å²) in [5.74, 6) is -2.14. The van der Waals surface area contributed by atoms with Gasteiger partial charge in [-0.2, -0.15) is 0 Å². The van der Waals surface area contributed by atoms with Gasteiger partial charge in [-0.1, -0.05) is 50.6 Å². The van der Waals surface area contributed by atoms with Crippen LogP contribution in [0.4, 0.5) is 0 Å². The van der Waals surface area contributed by atoms with Crippen LogP contribution < -0.4 is 16.0 Å². The van der Waals surface area contributed by atoms with E-state index in [1.54, 1.807) is 14.0 Å². The number of hydrogen-bond donors (Lipinski definition) is 3. The van der Waals surface area contributed by atoms with Crippen LogP contribution >= 0.6 is 0 Å². The molecule has 9 heteroatoms. The van der Waals surface area contributed by atoms with Crippen molar-refractivity contribution < 1.29 is 28.7 Å². The summed E-state index contributed by atoms with van der Waals surface area (Å²) in [5.41, 5.74) is 0.865. The van der Waals surface area contributed by atoms with Crippen LogP contribution in [0.5, 0.6) is 0 Å². The molecule has 0 radical (unpaired) electrons. The molecular formula is C25H37N3O6. The first-order valence-electron chi connectivity index (χ1n) is 11.9. The van der Waals surface area contributed by atoms with Crippen molar-refractivity contribution in [2.24, 2.45) is 5.92 Å². The first-order chi connectivity index (χ1) is 16.2. The van der Waals surface area contributed by atoms with Crippen LogP contribution in [0.15, 0.2) is 30.3 Å². The van der Waals surface area contributed by atoms with E-state index in [1.165, 1.54) is 0 Å². The van der Waals surface area contributed by atoms with Gasteiger partial charge >= 0.3 is 5.97 Å². The second-order valence-electron chi connectivity index (χ2n) is 8.81. The molecule has 188 valence electrons. The van der Waals surface area contributed by atoms with E-state index in [-0.39, 0.29) is 18.8 Å². The number of ether oxygens (including phenoxy) is 2. The molecule has 1 aliphatic heterocycles. The summed E-state index contributed by atoms with van der Waals surface area (Å²) >= 11 is 0. The molecule has 34 heavy (non-hydrogen) atoms. The van der Waals surface area contributed by atoms with E-state index in [0.717, 1.165) is 5.56 Å². The van der Waals surface area contributed by atoms with Crippen LogP contribution in [-0.2, 0) is 35.1 Å². The Balaban J connectivity index is 2.32. The van der Waals surface area contributed by atoms with Crippen LogP contribution in [-0.4, -0.2) is 61.6 Å². The molecule has 9 nitrogen and oxygen atoms in total. The zero-order valence-corrected chi connectivity index (χ0v) is 20.5. The Morgan fingerprint density at radius 3 is 2.41 bits per heavy atom. The predicted octanol–water partition coefficient (Wildman–Crippen LogP) is 1.49. The summed E-state index contributed by atoms with van der Waals surface area (Å²) in [6.45, 7) is 5.75. The molecule has 0 aliphatic carbocycles. The first kappa shape index (κ1) is 27.3. The van der Waals surface area contributed by atoms with Crippen LogP contribution in [0.3, 0.4) is 0 Å². The van der Waals surface area contributed by atoms with Crippen LogP contribution in [0.1, 0.15) is 52.0 Å². The summed E-state index contributed by atoms with van der Waals surface area (Å²) in [5, 5.41) is 8.17. The maximum Gasteiger partial charge on any atom is 0.329 e. The third-order valence-corrected chi connectivity index (χ3v) is 6.02. The Morgan fingerprint density at radius 2 is 1.76 bits per heavy atom. The van der Waals surface area contributed by atoms with Gasteiger partial charge in [0.05, 0.1) is 6.42 Å². The number of methoxy groups -OCH3 is 1. The second-order valence-corrected chi connectivity index (χ2v) is 8.81. The third-order valence-electron chi connectivity index (χ3n) is 6.02. The molecule has 3 N–H and O–H groups in total. The molecule has 1 aliphatic rings. The number of esters is 1. The molecule has 0 aromatic heterocycles. The summed E-state index contributed by atoms with van der Waals surface area (Å²) in [6, 6.07) is 6.63. The van der Waals surface area contributed by atoms with Crippen molar-refractivity contribution in [2.75, 3.05) is 13.7 Å². The van der Waals surface area contributed by atoms with E-state index in [0.29, 0.717) is 25.9 Å². The largest absolute Gasteiger partial charge is 0.460 e. The van der Waals surface area contributed by atoms with Gasteiger partial charge in [-0.05, 0) is 31.2 Å². The SMILES string of the molecule is CC[C@H](C)[C@H]1NC(=O)[C@H](C)NC(=O)[C@H](Cc2ccccc2)NC(=O)C[C@@H](CCCOC)OC1=O. The number of nitrogens with one attached hydrogen (secondary N) is 3. The molecule has 5 atom stereocenters. The molecule has 3 amide bonds. The van der Waals surface area contributed by atoms with Gasteiger partial charge < -0.3 is 25.4 Å². The minimum Gasteiger partial charge on any atom is -0.460 e. The maximum atomic E-state index is 13.0. The average molecular weight is 476 g/mol. The van der Waals surface area contributed by atoms with Gasteiger partial charge in [-0.15, -0.1) is 0 Å². The van der Waals surface area contributed by atoms with E-state index in [1.807, 2.05) is 44.2 Å². The van der Waals surface area contributed by atoms with Gasteiger partial charge in [-0.25, -0.2) is 4.79 Å². The van der Waals surface area contributed by atoms with Crippen molar-refractivity contribution in [3.63, 3.8) is 0 Å². The highest BCUT2D eigenvalue weighted by Gasteiger charge is 2.33. The number of carbonyl (C=O) groups excluding carboxylic acids is 4. The molecule has 2 rings (SSSR count). The van der Waals surface area contributed by atoms with Gasteiger partial charge in [0.1, 0.15) is 24.2 Å². The third kappa shape index (κ3) is 8.44. The molecule has 1 aromatic rings. The summed E-state index contributed by atoms with van der Waals surface area (Å²) in [4.78, 5) is 51.8. The summed E-state index contributed by atoms with van der Waals surface area (Å²) in [6.07, 6.45) is 1.10. The normalized spacial score (nSPS) is 25.5. The highest BCUT2D eigenvalue weighted by molar-refractivity contribution is 5.94. The Hall–Kier alpha value is -2.94. The lowest BCUT2D eigenvalue weighted by Crippen LogP contribution is -2.55. The molecule has 0 saturated carbocycles. The molecular weight excluding hydrogens is 438 g/mol. The molecule has 0 bridgehead atoms. The van der Waals surface area contributed by atoms with Gasteiger partial charge in [0.25, 0.3) is 0 Å². The van der Waals surface area contributed by atoms with Gasteiger partial charge in [0.15, 0.2) is 0 Å². The molecule has 1 fully saturated rings. The monoisotopic (exact) mass is 475 g/mol. The van der Waals surface area contributed by atoms with E-state index in [4.69, 9.17) is 9.47 Å². The number of carbonyl (C=O) groups is 4. The smallest absolute Gasteiger partial charge is 0.329 e. The highest BCUT2D eigenvalue weighted by atomic mass is 16.5. The first-order valence-corrected chi connectivity index (χ1v) is 11.9. The quantitative estimate of drug-likeness (QED) is 0.387. The van der Waals surface area contributed by atoms with Crippen LogP contribution in [0, 0.1) is 5.92 Å². The number of rotatable bonds is 8. The Kier molecular flexibility index (Phi) is 11.0. The second kappa shape index (κ2) is 13.7. The van der Waals surface area contributed by atoms with Crippen LogP contribution in [0.25, 0.3) is 0 Å². The van der Waals surface area contributed by atoms with E-state index >= 15 is 0 Å². The van der Waals surface area contributed by atoms with Gasteiger partial charge in [0.2, 0.25) is 17.7 Å². The highest BCUT2D eigenvalue weighted by Crippen LogP contribution is 2.16. The van der Waals surface area contributed by atoms with E-state index < -0.39 is 47.9 Å². The number of amides is 3. The van der Waals surface area contributed by atoms with E-state index in [2.05, 4.69) is 16.0 Å². The van der Waals surface area contributed by atoms with Crippen LogP contribution in [0.2, 0.25) is 0 Å². The summed E-state index contributed by atoms with van der Waals surface area (Å²) in [7, 11) is 1.58. The molecule has 0 spiro atoms. The lowest BCUT2D eigenvalue weighted by molar-refractivity contribution is -0.156. The molecule has 1 aromatic carbocycles. The Labute approximate surface area is 201 Å². The number of cyclic esters (lactones) is 1. The van der Waals surface area contributed by atoms with E-state index in [9.17, 15) is 19.2 Å². The zero-order valence-electron chi connectivity index (χ0n) is 20.5. The van der Waals surface area contributed by atoms with Crippen molar-refractivity contribution in [3.8, 4) is 0 Å². The molecule has 1 heterocycles. The van der Waals surface area contributed by atoms with Crippen molar-refractivity contribution >= 4 is 23.7 Å². The Bertz CT molecular complexity index is 831. The molecule has 0 unspecified atom stereocenters. The van der Waals surface area contributed by atoms with Gasteiger partial charge in [-0.3, -0.25) is 14.4 Å². The predicted molar refractivity (Wildman–Crippen MR) is 127 cm³/mol. The zero-order chi connectivity index (χ0) is 25.1. The standard InChI is InChI=1S/C25H37N3O6/c1-5-16(2)22-25(32)34-19(12-9-13-33-4)15-21(29)27-20(14-18-10-7-6-8-11-18)24(31)26-17(3)23(30)28-22/h6-8,10-11,16-17,19-20,22H,5,9,12-15H2,1-4H3,(H,26,31)(H,27,29)(H,28,30)/t16-,17-,19+,20-,22+/m0/s1. The Morgan fingerprint density at radius 1 is 1.06 bits per heavy atom. The number of hydrogen-bond acceptors (Lipinski definition) is 6. The van der Waals surface area contributed by atoms with Crippen molar-refractivity contribution in [1.29, 1.82) is 0 Å². The minimum atomic E-state index is -0.903.